The molecule has 0 heterocycles. The molecule has 39 heavy (non-hydrogen) atoms. The third kappa shape index (κ3) is 4.84. The molecule has 0 saturated carbocycles. The monoisotopic (exact) mass is 612 g/mol. The summed E-state index contributed by atoms with van der Waals surface area (Å²) in [5.41, 5.74) is 4.42. The molecule has 0 atom stereocenters. The molecule has 2 nitrogen and oxygen atoms in total. The summed E-state index contributed by atoms with van der Waals surface area (Å²) in [4.78, 5) is 0. The van der Waals surface area contributed by atoms with Crippen LogP contribution in [0.15, 0.2) is 158 Å². The molecular formula is C36H28O2Sn. The van der Waals surface area contributed by atoms with Crippen LogP contribution >= 0.6 is 0 Å². The van der Waals surface area contributed by atoms with Gasteiger partial charge in [0.15, 0.2) is 0 Å². The molecular weight excluding hydrogens is 583 g/mol. The Balaban J connectivity index is 1.55. The summed E-state index contributed by atoms with van der Waals surface area (Å²) in [6, 6.07) is 54.8. The fourth-order valence-electron chi connectivity index (χ4n) is 5.51. The summed E-state index contributed by atoms with van der Waals surface area (Å²) in [5.74, 6) is 0.545. The fraction of sp³-hybridized carbons (Fsp3) is 0. The van der Waals surface area contributed by atoms with E-state index in [0.717, 1.165) is 22.3 Å². The third-order valence-electron chi connectivity index (χ3n) is 7.45. The zero-order valence-corrected chi connectivity index (χ0v) is 24.3. The Bertz CT molecular complexity index is 1530. The summed E-state index contributed by atoms with van der Waals surface area (Å²) < 4.78 is 5.55. The second kappa shape index (κ2) is 10.8. The van der Waals surface area contributed by atoms with Gasteiger partial charge in [-0.1, -0.05) is 0 Å². The molecule has 188 valence electrons. The van der Waals surface area contributed by atoms with E-state index in [9.17, 15) is 10.2 Å². The summed E-state index contributed by atoms with van der Waals surface area (Å²) in [5, 5.41) is 19.5. The number of hydrogen-bond donors (Lipinski definition) is 2. The number of rotatable bonds is 6. The zero-order chi connectivity index (χ0) is 26.7. The molecule has 2 N–H and O–H groups in total. The van der Waals surface area contributed by atoms with Crippen molar-refractivity contribution in [2.75, 3.05) is 0 Å². The normalized spacial score (nSPS) is 11.3. The van der Waals surface area contributed by atoms with E-state index >= 15 is 0 Å². The minimum atomic E-state index is -3.72. The number of benzene rings is 6. The van der Waals surface area contributed by atoms with Crippen LogP contribution in [0.4, 0.5) is 0 Å². The van der Waals surface area contributed by atoms with Gasteiger partial charge in [0, 0.05) is 0 Å². The van der Waals surface area contributed by atoms with Gasteiger partial charge >= 0.3 is 234 Å². The van der Waals surface area contributed by atoms with Crippen molar-refractivity contribution < 1.29 is 10.2 Å². The Morgan fingerprint density at radius 3 is 0.846 bits per heavy atom. The first-order chi connectivity index (χ1) is 19.1. The van der Waals surface area contributed by atoms with Crippen molar-refractivity contribution in [2.45, 2.75) is 0 Å². The van der Waals surface area contributed by atoms with Crippen LogP contribution in [0.2, 0.25) is 0 Å². The maximum atomic E-state index is 9.73. The van der Waals surface area contributed by atoms with E-state index in [1.165, 1.54) is 14.3 Å². The topological polar surface area (TPSA) is 40.5 Å². The molecule has 0 bridgehead atoms. The first kappa shape index (κ1) is 25.0. The van der Waals surface area contributed by atoms with Crippen LogP contribution in [0, 0.1) is 0 Å². The molecule has 0 aliphatic heterocycles. The number of hydrogen-bond acceptors (Lipinski definition) is 2. The Labute approximate surface area is 233 Å². The van der Waals surface area contributed by atoms with E-state index in [4.69, 9.17) is 0 Å². The first-order valence-electron chi connectivity index (χ1n) is 13.1. The molecule has 0 aliphatic rings. The molecule has 6 rings (SSSR count). The van der Waals surface area contributed by atoms with Gasteiger partial charge in [-0.3, -0.25) is 0 Å². The Morgan fingerprint density at radius 2 is 0.538 bits per heavy atom. The van der Waals surface area contributed by atoms with Gasteiger partial charge in [-0.05, 0) is 0 Å². The maximum absolute atomic E-state index is 9.73. The second-order valence-electron chi connectivity index (χ2n) is 9.73. The molecule has 0 unspecified atom stereocenters. The average molecular weight is 611 g/mol. The SMILES string of the molecule is Oc1ccc(-c2cc[c]([Sn]([c]3ccccc3)([c]3ccccc3)[c]3ccc(-c4ccc(O)cc4)cc3)cc2)cc1. The summed E-state index contributed by atoms with van der Waals surface area (Å²) in [6.07, 6.45) is 0. The molecule has 0 amide bonds. The van der Waals surface area contributed by atoms with Crippen molar-refractivity contribution in [3.63, 3.8) is 0 Å². The molecule has 0 aromatic heterocycles. The average Bonchev–Trinajstić information content (AvgIpc) is 3.00. The van der Waals surface area contributed by atoms with E-state index in [2.05, 4.69) is 109 Å². The Hall–Kier alpha value is -4.28. The first-order valence-corrected chi connectivity index (χ1v) is 18.8. The van der Waals surface area contributed by atoms with Crippen LogP contribution in [-0.2, 0) is 0 Å². The van der Waals surface area contributed by atoms with Gasteiger partial charge in [0.05, 0.1) is 0 Å². The van der Waals surface area contributed by atoms with Crippen molar-refractivity contribution in [3.05, 3.63) is 158 Å². The molecule has 0 radical (unpaired) electrons. The Kier molecular flexibility index (Phi) is 6.95. The van der Waals surface area contributed by atoms with Crippen molar-refractivity contribution in [1.29, 1.82) is 0 Å². The summed E-state index contributed by atoms with van der Waals surface area (Å²) in [7, 11) is 0. The van der Waals surface area contributed by atoms with Crippen molar-refractivity contribution in [2.24, 2.45) is 0 Å². The minimum absolute atomic E-state index is 0.273. The van der Waals surface area contributed by atoms with E-state index < -0.39 is 18.4 Å². The standard InChI is InChI=1S/2C12H9O.2C6H5.Sn/c2*13-12-8-6-11(7-9-12)10-4-2-1-3-5-10;2*1-2-4-6-5-3-1;/h2*2-9,13H;2*1-5H;. The van der Waals surface area contributed by atoms with E-state index in [1.807, 2.05) is 24.3 Å². The predicted molar refractivity (Wildman–Crippen MR) is 164 cm³/mol. The summed E-state index contributed by atoms with van der Waals surface area (Å²) in [6.45, 7) is 0. The van der Waals surface area contributed by atoms with Crippen LogP contribution in [0.3, 0.4) is 0 Å². The van der Waals surface area contributed by atoms with Gasteiger partial charge in [-0.25, -0.2) is 0 Å². The molecule has 3 heteroatoms. The zero-order valence-electron chi connectivity index (χ0n) is 21.4. The molecule has 0 spiro atoms. The third-order valence-corrected chi connectivity index (χ3v) is 21.1. The summed E-state index contributed by atoms with van der Waals surface area (Å²) >= 11 is -3.72. The number of phenolic OH excluding ortho intramolecular Hbond substituents is 2. The van der Waals surface area contributed by atoms with Gasteiger partial charge in [-0.15, -0.1) is 0 Å². The molecule has 6 aromatic rings. The molecule has 0 saturated heterocycles. The van der Waals surface area contributed by atoms with Gasteiger partial charge in [-0.2, -0.15) is 0 Å². The van der Waals surface area contributed by atoms with Crippen LogP contribution in [-0.4, -0.2) is 28.6 Å². The van der Waals surface area contributed by atoms with Crippen LogP contribution in [0.25, 0.3) is 22.3 Å². The van der Waals surface area contributed by atoms with Crippen LogP contribution in [0.1, 0.15) is 0 Å². The number of phenols is 2. The van der Waals surface area contributed by atoms with E-state index in [0.29, 0.717) is 0 Å². The van der Waals surface area contributed by atoms with E-state index in [1.54, 1.807) is 24.3 Å². The molecule has 0 fully saturated rings. The van der Waals surface area contributed by atoms with Crippen molar-refractivity contribution in [1.82, 2.24) is 0 Å². The van der Waals surface area contributed by atoms with Gasteiger partial charge in [0.2, 0.25) is 0 Å². The second-order valence-corrected chi connectivity index (χ2v) is 20.6. The van der Waals surface area contributed by atoms with Gasteiger partial charge in [0.1, 0.15) is 0 Å². The van der Waals surface area contributed by atoms with Gasteiger partial charge in [0.25, 0.3) is 0 Å². The van der Waals surface area contributed by atoms with E-state index in [-0.39, 0.29) is 11.5 Å². The van der Waals surface area contributed by atoms with Crippen LogP contribution in [0.5, 0.6) is 11.5 Å². The fourth-order valence-corrected chi connectivity index (χ4v) is 19.0. The predicted octanol–water partition coefficient (Wildman–Crippen LogP) is 5.81. The molecule has 6 aromatic carbocycles. The van der Waals surface area contributed by atoms with Crippen molar-refractivity contribution >= 4 is 32.7 Å². The van der Waals surface area contributed by atoms with Crippen molar-refractivity contribution in [3.8, 4) is 33.8 Å². The Morgan fingerprint density at radius 1 is 0.282 bits per heavy atom. The quantitative estimate of drug-likeness (QED) is 0.234. The van der Waals surface area contributed by atoms with Gasteiger partial charge < -0.3 is 0 Å². The van der Waals surface area contributed by atoms with Crippen LogP contribution < -0.4 is 14.3 Å². The number of aromatic hydroxyl groups is 2. The molecule has 0 aliphatic carbocycles.